The number of hydrogen-bond donors (Lipinski definition) is 1. The molecule has 0 aliphatic rings. The number of ether oxygens (including phenoxy) is 1. The van der Waals surface area contributed by atoms with Gasteiger partial charge in [-0.05, 0) is 26.0 Å². The highest BCUT2D eigenvalue weighted by Crippen LogP contribution is 2.25. The summed E-state index contributed by atoms with van der Waals surface area (Å²) in [6, 6.07) is 4.40. The van der Waals surface area contributed by atoms with Gasteiger partial charge in [0.1, 0.15) is 9.88 Å². The van der Waals surface area contributed by atoms with E-state index in [0.717, 1.165) is 0 Å². The molecule has 1 rings (SSSR count). The zero-order valence-corrected chi connectivity index (χ0v) is 14.6. The second-order valence-electron chi connectivity index (χ2n) is 4.76. The van der Waals surface area contributed by atoms with Gasteiger partial charge in [0.15, 0.2) is 0 Å². The molecule has 0 fully saturated rings. The highest BCUT2D eigenvalue weighted by atomic mass is 35.5. The van der Waals surface area contributed by atoms with Gasteiger partial charge in [0.05, 0.1) is 17.7 Å². The summed E-state index contributed by atoms with van der Waals surface area (Å²) in [6.45, 7) is 4.34. The maximum Gasteiger partial charge on any atom is 0.244 e. The Bertz CT molecular complexity index is 618. The smallest absolute Gasteiger partial charge is 0.244 e. The van der Waals surface area contributed by atoms with Crippen LogP contribution in [-0.4, -0.2) is 44.0 Å². The predicted octanol–water partition coefficient (Wildman–Crippen LogP) is 2.02. The number of halogens is 1. The normalized spacial score (nSPS) is 12.1. The van der Waals surface area contributed by atoms with Crippen LogP contribution >= 0.6 is 23.8 Å². The molecule has 0 aliphatic carbocycles. The number of rotatable bonds is 7. The summed E-state index contributed by atoms with van der Waals surface area (Å²) in [4.78, 5) is 0.191. The van der Waals surface area contributed by atoms with Crippen molar-refractivity contribution in [3.63, 3.8) is 0 Å². The Morgan fingerprint density at radius 1 is 1.48 bits per heavy atom. The van der Waals surface area contributed by atoms with Crippen LogP contribution in [0.1, 0.15) is 19.4 Å². The molecular formula is C13H19ClN2O3S2. The molecule has 0 spiro atoms. The van der Waals surface area contributed by atoms with Gasteiger partial charge in [-0.15, -0.1) is 0 Å². The number of sulfonamides is 1. The van der Waals surface area contributed by atoms with Gasteiger partial charge < -0.3 is 10.5 Å². The van der Waals surface area contributed by atoms with Crippen LogP contribution in [-0.2, 0) is 14.8 Å². The lowest BCUT2D eigenvalue weighted by Gasteiger charge is -2.19. The minimum atomic E-state index is -3.67. The molecular weight excluding hydrogens is 332 g/mol. The number of hydrogen-bond acceptors (Lipinski definition) is 4. The molecule has 0 radical (unpaired) electrons. The Kier molecular flexibility index (Phi) is 6.55. The van der Waals surface area contributed by atoms with Gasteiger partial charge in [0.2, 0.25) is 10.0 Å². The summed E-state index contributed by atoms with van der Waals surface area (Å²) in [5.41, 5.74) is 6.02. The second kappa shape index (κ2) is 7.51. The first-order valence-electron chi connectivity index (χ1n) is 6.33. The molecule has 0 aromatic heterocycles. The Morgan fingerprint density at radius 3 is 2.57 bits per heavy atom. The van der Waals surface area contributed by atoms with Crippen molar-refractivity contribution in [1.82, 2.24) is 4.31 Å². The minimum absolute atomic E-state index is 0.0243. The maximum atomic E-state index is 12.4. The van der Waals surface area contributed by atoms with Crippen LogP contribution in [0.3, 0.4) is 0 Å². The SMILES string of the molecule is CC(C)OCCN(C)S(=O)(=O)c1ccc(C(N)=S)cc1Cl. The Labute approximate surface area is 136 Å². The van der Waals surface area contributed by atoms with Gasteiger partial charge in [0.25, 0.3) is 0 Å². The van der Waals surface area contributed by atoms with Crippen molar-refractivity contribution in [2.45, 2.75) is 24.8 Å². The molecule has 118 valence electrons. The lowest BCUT2D eigenvalue weighted by Crippen LogP contribution is -2.31. The Balaban J connectivity index is 2.94. The number of nitrogens with zero attached hydrogens (tertiary/aromatic N) is 1. The van der Waals surface area contributed by atoms with Gasteiger partial charge in [-0.2, -0.15) is 4.31 Å². The topological polar surface area (TPSA) is 72.6 Å². The van der Waals surface area contributed by atoms with Gasteiger partial charge in [-0.1, -0.05) is 29.9 Å². The lowest BCUT2D eigenvalue weighted by molar-refractivity contribution is 0.0737. The average molecular weight is 351 g/mol. The molecule has 0 unspecified atom stereocenters. The Morgan fingerprint density at radius 2 is 2.10 bits per heavy atom. The van der Waals surface area contributed by atoms with E-state index >= 15 is 0 Å². The quantitative estimate of drug-likeness (QED) is 0.762. The van der Waals surface area contributed by atoms with Crippen LogP contribution in [0, 0.1) is 0 Å². The van der Waals surface area contributed by atoms with E-state index in [1.807, 2.05) is 13.8 Å². The largest absolute Gasteiger partial charge is 0.389 e. The summed E-state index contributed by atoms with van der Waals surface area (Å²) in [5, 5.41) is 0.0944. The predicted molar refractivity (Wildman–Crippen MR) is 88.2 cm³/mol. The monoisotopic (exact) mass is 350 g/mol. The van der Waals surface area contributed by atoms with E-state index in [2.05, 4.69) is 0 Å². The van der Waals surface area contributed by atoms with Crippen molar-refractivity contribution < 1.29 is 13.2 Å². The fourth-order valence-corrected chi connectivity index (χ4v) is 3.36. The third-order valence-corrected chi connectivity index (χ3v) is 5.34. The number of benzene rings is 1. The zero-order chi connectivity index (χ0) is 16.2. The van der Waals surface area contributed by atoms with Crippen molar-refractivity contribution in [3.8, 4) is 0 Å². The highest BCUT2D eigenvalue weighted by Gasteiger charge is 2.23. The molecule has 0 atom stereocenters. The third-order valence-electron chi connectivity index (χ3n) is 2.76. The van der Waals surface area contributed by atoms with Crippen LogP contribution in [0.2, 0.25) is 5.02 Å². The van der Waals surface area contributed by atoms with E-state index in [1.54, 1.807) is 6.07 Å². The van der Waals surface area contributed by atoms with E-state index in [4.69, 9.17) is 34.3 Å². The van der Waals surface area contributed by atoms with Gasteiger partial charge in [-0.25, -0.2) is 8.42 Å². The first-order chi connectivity index (χ1) is 9.66. The molecule has 1 aromatic rings. The van der Waals surface area contributed by atoms with Crippen LogP contribution in [0.4, 0.5) is 0 Å². The molecule has 5 nitrogen and oxygen atoms in total. The van der Waals surface area contributed by atoms with Crippen LogP contribution in [0.15, 0.2) is 23.1 Å². The van der Waals surface area contributed by atoms with E-state index < -0.39 is 10.0 Å². The van der Waals surface area contributed by atoms with Crippen molar-refractivity contribution in [1.29, 1.82) is 0 Å². The molecule has 0 saturated heterocycles. The Hall–Kier alpha value is -0.730. The molecule has 1 aromatic carbocycles. The van der Waals surface area contributed by atoms with Gasteiger partial charge in [0, 0.05) is 19.2 Å². The molecule has 2 N–H and O–H groups in total. The molecule has 0 amide bonds. The lowest BCUT2D eigenvalue weighted by atomic mass is 10.2. The van der Waals surface area contributed by atoms with Crippen molar-refractivity contribution in [2.24, 2.45) is 5.73 Å². The third kappa shape index (κ3) is 4.89. The second-order valence-corrected chi connectivity index (χ2v) is 7.62. The molecule has 21 heavy (non-hydrogen) atoms. The number of thiocarbonyl (C=S) groups is 1. The fraction of sp³-hybridized carbons (Fsp3) is 0.462. The van der Waals surface area contributed by atoms with E-state index in [-0.39, 0.29) is 27.6 Å². The van der Waals surface area contributed by atoms with E-state index in [9.17, 15) is 8.42 Å². The van der Waals surface area contributed by atoms with Crippen molar-refractivity contribution in [3.05, 3.63) is 28.8 Å². The van der Waals surface area contributed by atoms with Crippen LogP contribution in [0.25, 0.3) is 0 Å². The maximum absolute atomic E-state index is 12.4. The van der Waals surface area contributed by atoms with E-state index in [1.165, 1.54) is 23.5 Å². The summed E-state index contributed by atoms with van der Waals surface area (Å²) in [6.07, 6.45) is 0.0505. The molecule has 0 saturated carbocycles. The molecule has 0 bridgehead atoms. The van der Waals surface area contributed by atoms with Crippen LogP contribution in [0.5, 0.6) is 0 Å². The van der Waals surface area contributed by atoms with Gasteiger partial charge >= 0.3 is 0 Å². The molecule has 0 heterocycles. The standard InChI is InChI=1S/C13H19ClN2O3S2/c1-9(2)19-7-6-16(3)21(17,18)12-5-4-10(13(15)20)8-11(12)14/h4-5,8-9H,6-7H2,1-3H3,(H2,15,20). The van der Waals surface area contributed by atoms with Crippen molar-refractivity contribution >= 4 is 38.8 Å². The molecule has 0 aliphatic heterocycles. The summed E-state index contributed by atoms with van der Waals surface area (Å²) in [7, 11) is -2.19. The summed E-state index contributed by atoms with van der Waals surface area (Å²) < 4.78 is 31.4. The fourth-order valence-electron chi connectivity index (χ4n) is 1.57. The van der Waals surface area contributed by atoms with E-state index in [0.29, 0.717) is 12.2 Å². The summed E-state index contributed by atoms with van der Waals surface area (Å²) >= 11 is 10.9. The number of likely N-dealkylation sites (N-methyl/N-ethyl adjacent to an activating group) is 1. The first-order valence-corrected chi connectivity index (χ1v) is 8.56. The minimum Gasteiger partial charge on any atom is -0.389 e. The average Bonchev–Trinajstić information content (AvgIpc) is 2.37. The van der Waals surface area contributed by atoms with Crippen molar-refractivity contribution in [2.75, 3.05) is 20.2 Å². The number of nitrogens with two attached hydrogens (primary N) is 1. The highest BCUT2D eigenvalue weighted by molar-refractivity contribution is 7.89. The van der Waals surface area contributed by atoms with Crippen LogP contribution < -0.4 is 5.73 Å². The molecule has 8 heteroatoms. The van der Waals surface area contributed by atoms with Gasteiger partial charge in [-0.3, -0.25) is 0 Å². The summed E-state index contributed by atoms with van der Waals surface area (Å²) in [5.74, 6) is 0. The first kappa shape index (κ1) is 18.3. The zero-order valence-electron chi connectivity index (χ0n) is 12.2.